The van der Waals surface area contributed by atoms with Crippen molar-refractivity contribution in [1.82, 2.24) is 9.13 Å². The number of rotatable bonds is 3. The largest absolute Gasteiger partial charge is 0.456 e. The molecule has 69 heavy (non-hydrogen) atoms. The first-order valence-electron chi connectivity index (χ1n) is 24.8. The molecular formula is C64H45N3O2. The van der Waals surface area contributed by atoms with Crippen LogP contribution in [0.4, 0.5) is 0 Å². The number of furan rings is 2. The van der Waals surface area contributed by atoms with Crippen molar-refractivity contribution in [3.05, 3.63) is 209 Å². The van der Waals surface area contributed by atoms with Gasteiger partial charge in [0.15, 0.2) is 0 Å². The molecule has 5 heteroatoms. The van der Waals surface area contributed by atoms with Gasteiger partial charge in [-0.05, 0) is 132 Å². The summed E-state index contributed by atoms with van der Waals surface area (Å²) in [5, 5.41) is 9.58. The molecule has 6 heterocycles. The van der Waals surface area contributed by atoms with E-state index < -0.39 is 0 Å². The van der Waals surface area contributed by atoms with Gasteiger partial charge in [0, 0.05) is 84.2 Å². The quantitative estimate of drug-likeness (QED) is 0.177. The molecular weight excluding hydrogens is 843 g/mol. The zero-order chi connectivity index (χ0) is 44.9. The molecule has 4 aromatic heterocycles. The van der Waals surface area contributed by atoms with E-state index in [-0.39, 0.29) is 12.0 Å². The highest BCUT2D eigenvalue weighted by molar-refractivity contribution is 6.26. The van der Waals surface area contributed by atoms with Gasteiger partial charge in [-0.2, -0.15) is 0 Å². The van der Waals surface area contributed by atoms with E-state index in [2.05, 4.69) is 185 Å². The van der Waals surface area contributed by atoms with Gasteiger partial charge < -0.3 is 18.0 Å². The molecule has 328 valence electrons. The van der Waals surface area contributed by atoms with Crippen LogP contribution < -0.4 is 0 Å². The highest BCUT2D eigenvalue weighted by Gasteiger charge is 2.36. The van der Waals surface area contributed by atoms with Crippen molar-refractivity contribution in [2.45, 2.75) is 56.9 Å². The Morgan fingerprint density at radius 1 is 0.594 bits per heavy atom. The van der Waals surface area contributed by atoms with Crippen molar-refractivity contribution in [2.24, 2.45) is 4.99 Å². The molecule has 5 aliphatic rings. The minimum Gasteiger partial charge on any atom is -0.456 e. The standard InChI is InChI=1S/C64H45N3O2/c1-2-15-40(16-3-1)66-53-22-11-21-47(53)61-45(19-10-23-54(61)66)51-31-29-43-49(36-52(65-51)46-20-12-26-60-62(46)48-18-7-9-25-59(48)68-60)39-27-28-41-50-33-37-13-4-5-14-38(37)34-57(50)67(56(41)35-39)55-32-30-44-42-17-6-8-24-58(42)69-64(44)63(43)55/h1-2,4-9,11-15,17-20,22,24-30,32-35,49,52H,3,10,16,21,23,31,36H2/b43-29-,65-51?. The Morgan fingerprint density at radius 3 is 2.30 bits per heavy atom. The van der Waals surface area contributed by atoms with Gasteiger partial charge in [0.25, 0.3) is 0 Å². The molecule has 0 amide bonds. The summed E-state index contributed by atoms with van der Waals surface area (Å²) < 4.78 is 18.9. The highest BCUT2D eigenvalue weighted by atomic mass is 16.3. The first-order chi connectivity index (χ1) is 34.2. The van der Waals surface area contributed by atoms with Gasteiger partial charge >= 0.3 is 0 Å². The fourth-order valence-electron chi connectivity index (χ4n) is 13.2. The fraction of sp³-hybridized carbons (Fsp3) is 0.141. The van der Waals surface area contributed by atoms with E-state index in [1.54, 1.807) is 0 Å². The van der Waals surface area contributed by atoms with Crippen LogP contribution in [-0.2, 0) is 12.8 Å². The lowest BCUT2D eigenvalue weighted by atomic mass is 9.77. The van der Waals surface area contributed by atoms with Crippen LogP contribution >= 0.6 is 0 Å². The Bertz CT molecular complexity index is 4300. The molecule has 2 unspecified atom stereocenters. The number of aromatic nitrogens is 2. The van der Waals surface area contributed by atoms with Gasteiger partial charge in [0.2, 0.25) is 0 Å². The predicted molar refractivity (Wildman–Crippen MR) is 286 cm³/mol. The molecule has 2 aliphatic heterocycles. The number of hydrogen-bond donors (Lipinski definition) is 0. The van der Waals surface area contributed by atoms with E-state index >= 15 is 0 Å². The van der Waals surface area contributed by atoms with Crippen LogP contribution in [0.3, 0.4) is 0 Å². The third-order valence-corrected chi connectivity index (χ3v) is 16.2. The second kappa shape index (κ2) is 14.2. The molecule has 3 aliphatic carbocycles. The number of aliphatic imine (C=N–C) groups is 1. The normalized spacial score (nSPS) is 19.3. The third-order valence-electron chi connectivity index (χ3n) is 16.2. The van der Waals surface area contributed by atoms with E-state index in [0.717, 1.165) is 93.8 Å². The Hall–Kier alpha value is -8.15. The summed E-state index contributed by atoms with van der Waals surface area (Å²) >= 11 is 0. The van der Waals surface area contributed by atoms with E-state index in [9.17, 15) is 0 Å². The maximum absolute atomic E-state index is 7.17. The molecule has 0 fully saturated rings. The Morgan fingerprint density at radius 2 is 1.41 bits per heavy atom. The number of para-hydroxylation sites is 2. The fourth-order valence-corrected chi connectivity index (χ4v) is 13.2. The van der Waals surface area contributed by atoms with Gasteiger partial charge in [-0.1, -0.05) is 115 Å². The molecule has 11 aromatic rings. The Labute approximate surface area is 398 Å². The zero-order valence-electron chi connectivity index (χ0n) is 38.0. The lowest BCUT2D eigenvalue weighted by molar-refractivity contribution is 0.613. The Kier molecular flexibility index (Phi) is 7.79. The van der Waals surface area contributed by atoms with Crippen LogP contribution in [0.5, 0.6) is 0 Å². The van der Waals surface area contributed by atoms with Crippen LogP contribution in [-0.4, -0.2) is 14.8 Å². The smallest absolute Gasteiger partial charge is 0.145 e. The number of nitrogens with zero attached hydrogens (tertiary/aromatic N) is 3. The highest BCUT2D eigenvalue weighted by Crippen LogP contribution is 2.53. The SMILES string of the molecule is C1=CCCC(n2c3c(c4c2CCC=C4C2=NC(c4cccc5oc6ccccc6c45)CC4/C(=C/C2)c2c(ccc5c2oc2ccccc25)-n2c5cc4ccc5c4cc5ccccc5cc42)CC=C3)=C1. The molecule has 0 N–H and O–H groups in total. The summed E-state index contributed by atoms with van der Waals surface area (Å²) in [7, 11) is 0. The molecule has 0 spiro atoms. The average molecular weight is 888 g/mol. The lowest BCUT2D eigenvalue weighted by Crippen LogP contribution is -2.18. The number of fused-ring (bicyclic) bond motifs is 20. The molecule has 0 saturated carbocycles. The first-order valence-corrected chi connectivity index (χ1v) is 24.8. The monoisotopic (exact) mass is 887 g/mol. The third kappa shape index (κ3) is 5.33. The van der Waals surface area contributed by atoms with Crippen molar-refractivity contribution < 1.29 is 8.83 Å². The molecule has 2 atom stereocenters. The van der Waals surface area contributed by atoms with Gasteiger partial charge in [0.1, 0.15) is 22.3 Å². The van der Waals surface area contributed by atoms with Crippen LogP contribution in [0.15, 0.2) is 184 Å². The van der Waals surface area contributed by atoms with Crippen molar-refractivity contribution in [3.63, 3.8) is 0 Å². The van der Waals surface area contributed by atoms with Crippen molar-refractivity contribution in [2.75, 3.05) is 0 Å². The van der Waals surface area contributed by atoms with Crippen LogP contribution in [0, 0.1) is 0 Å². The topological polar surface area (TPSA) is 48.5 Å². The number of benzene rings is 7. The second-order valence-corrected chi connectivity index (χ2v) is 19.7. The summed E-state index contributed by atoms with van der Waals surface area (Å²) in [6.07, 6.45) is 23.2. The molecule has 16 rings (SSSR count). The van der Waals surface area contributed by atoms with E-state index in [4.69, 9.17) is 13.8 Å². The van der Waals surface area contributed by atoms with Gasteiger partial charge in [-0.15, -0.1) is 0 Å². The summed E-state index contributed by atoms with van der Waals surface area (Å²) in [5.41, 5.74) is 21.7. The minimum absolute atomic E-state index is 0.00163. The van der Waals surface area contributed by atoms with Gasteiger partial charge in [0.05, 0.1) is 22.8 Å². The molecule has 5 nitrogen and oxygen atoms in total. The summed E-state index contributed by atoms with van der Waals surface area (Å²) in [6.45, 7) is 0. The van der Waals surface area contributed by atoms with Crippen molar-refractivity contribution in [1.29, 1.82) is 0 Å². The second-order valence-electron chi connectivity index (χ2n) is 19.7. The summed E-state index contributed by atoms with van der Waals surface area (Å²) in [4.78, 5) is 6.13. The van der Waals surface area contributed by atoms with E-state index in [0.29, 0.717) is 6.42 Å². The predicted octanol–water partition coefficient (Wildman–Crippen LogP) is 16.8. The lowest BCUT2D eigenvalue weighted by Gasteiger charge is -2.31. The summed E-state index contributed by atoms with van der Waals surface area (Å²) in [6, 6.07) is 49.0. The maximum Gasteiger partial charge on any atom is 0.145 e. The zero-order valence-corrected chi connectivity index (χ0v) is 38.0. The molecule has 0 radical (unpaired) electrons. The van der Waals surface area contributed by atoms with Crippen LogP contribution in [0.2, 0.25) is 0 Å². The Balaban J connectivity index is 0.992. The van der Waals surface area contributed by atoms with Gasteiger partial charge in [-0.3, -0.25) is 4.99 Å². The molecule has 2 bridgehead atoms. The molecule has 7 aromatic carbocycles. The van der Waals surface area contributed by atoms with Gasteiger partial charge in [-0.25, -0.2) is 0 Å². The number of hydrogen-bond acceptors (Lipinski definition) is 3. The number of allylic oxidation sites excluding steroid dienone is 9. The summed E-state index contributed by atoms with van der Waals surface area (Å²) in [5.74, 6) is -0.00163. The van der Waals surface area contributed by atoms with Crippen molar-refractivity contribution in [3.8, 4) is 5.69 Å². The molecule has 0 saturated heterocycles. The average Bonchev–Trinajstić information content (AvgIpc) is 4.22. The minimum atomic E-state index is -0.186. The van der Waals surface area contributed by atoms with Crippen molar-refractivity contribution >= 4 is 105 Å². The van der Waals surface area contributed by atoms with Crippen LogP contribution in [0.25, 0.3) is 105 Å². The maximum atomic E-state index is 7.17. The first kappa shape index (κ1) is 37.9. The van der Waals surface area contributed by atoms with Crippen LogP contribution in [0.1, 0.15) is 83.3 Å². The van der Waals surface area contributed by atoms with E-state index in [1.807, 2.05) is 0 Å². The van der Waals surface area contributed by atoms with E-state index in [1.165, 1.54) is 88.6 Å².